The Balaban J connectivity index is 2.16. The molecule has 1 aromatic heterocycles. The van der Waals surface area contributed by atoms with Gasteiger partial charge in [0.1, 0.15) is 11.4 Å². The Bertz CT molecular complexity index is 359. The fourth-order valence-corrected chi connectivity index (χ4v) is 2.89. The van der Waals surface area contributed by atoms with Gasteiger partial charge in [-0.2, -0.15) is 0 Å². The molecule has 13 heavy (non-hydrogen) atoms. The van der Waals surface area contributed by atoms with Crippen LogP contribution in [0.2, 0.25) is 0 Å². The molecule has 3 heteroatoms. The van der Waals surface area contributed by atoms with E-state index in [9.17, 15) is 0 Å². The van der Waals surface area contributed by atoms with E-state index in [2.05, 4.69) is 36.3 Å². The van der Waals surface area contributed by atoms with Gasteiger partial charge in [0.2, 0.25) is 0 Å². The summed E-state index contributed by atoms with van der Waals surface area (Å²) < 4.78 is 4.76. The molecule has 1 saturated carbocycles. The van der Waals surface area contributed by atoms with E-state index in [4.69, 9.17) is 4.63 Å². The highest BCUT2D eigenvalue weighted by Gasteiger charge is 2.48. The molecule has 2 bridgehead atoms. The SMILES string of the molecule is CC1C2C=Cc3nonc3C1C2C. The molecule has 1 aromatic rings. The minimum Gasteiger partial charge on any atom is -0.244 e. The van der Waals surface area contributed by atoms with Crippen molar-refractivity contribution in [1.82, 2.24) is 10.3 Å². The summed E-state index contributed by atoms with van der Waals surface area (Å²) in [5.74, 6) is 2.65. The second kappa shape index (κ2) is 2.22. The summed E-state index contributed by atoms with van der Waals surface area (Å²) >= 11 is 0. The first-order valence-corrected chi connectivity index (χ1v) is 4.79. The minimum absolute atomic E-state index is 0.557. The maximum atomic E-state index is 4.76. The topological polar surface area (TPSA) is 38.9 Å². The molecule has 0 N–H and O–H groups in total. The molecule has 0 radical (unpaired) electrons. The molecule has 0 aliphatic heterocycles. The van der Waals surface area contributed by atoms with E-state index in [0.717, 1.165) is 11.4 Å². The van der Waals surface area contributed by atoms with Crippen molar-refractivity contribution in [1.29, 1.82) is 0 Å². The van der Waals surface area contributed by atoms with Crippen LogP contribution in [0.1, 0.15) is 31.2 Å². The van der Waals surface area contributed by atoms with Crippen LogP contribution >= 0.6 is 0 Å². The maximum absolute atomic E-state index is 4.76. The van der Waals surface area contributed by atoms with Crippen molar-refractivity contribution in [2.45, 2.75) is 19.8 Å². The van der Waals surface area contributed by atoms with E-state index in [0.29, 0.717) is 23.7 Å². The molecule has 3 nitrogen and oxygen atoms in total. The Morgan fingerprint density at radius 3 is 2.77 bits per heavy atom. The molecule has 68 valence electrons. The maximum Gasteiger partial charge on any atom is 0.131 e. The summed E-state index contributed by atoms with van der Waals surface area (Å²) in [4.78, 5) is 0. The van der Waals surface area contributed by atoms with Crippen molar-refractivity contribution in [3.63, 3.8) is 0 Å². The van der Waals surface area contributed by atoms with Crippen LogP contribution in [0.4, 0.5) is 0 Å². The molecule has 2 atom stereocenters. The second-order valence-corrected chi connectivity index (χ2v) is 4.22. The van der Waals surface area contributed by atoms with Gasteiger partial charge in [-0.05, 0) is 23.8 Å². The van der Waals surface area contributed by atoms with Gasteiger partial charge in [0.25, 0.3) is 0 Å². The molecule has 0 aromatic carbocycles. The number of rotatable bonds is 0. The molecule has 0 spiro atoms. The number of hydrogen-bond donors (Lipinski definition) is 0. The van der Waals surface area contributed by atoms with Gasteiger partial charge < -0.3 is 0 Å². The normalized spacial score (nSPS) is 40.8. The second-order valence-electron chi connectivity index (χ2n) is 4.22. The van der Waals surface area contributed by atoms with Gasteiger partial charge in [0.05, 0.1) is 0 Å². The Kier molecular flexibility index (Phi) is 1.25. The summed E-state index contributed by atoms with van der Waals surface area (Å²) in [6.07, 6.45) is 4.30. The van der Waals surface area contributed by atoms with E-state index in [-0.39, 0.29) is 0 Å². The molecule has 0 saturated heterocycles. The third-order valence-corrected chi connectivity index (χ3v) is 3.68. The van der Waals surface area contributed by atoms with Gasteiger partial charge in [-0.25, -0.2) is 4.63 Å². The smallest absolute Gasteiger partial charge is 0.131 e. The van der Waals surface area contributed by atoms with Crippen LogP contribution in [-0.4, -0.2) is 10.3 Å². The summed E-state index contributed by atoms with van der Waals surface area (Å²) in [5, 5.41) is 7.89. The highest BCUT2D eigenvalue weighted by atomic mass is 16.6. The standard InChI is InChI=1S/C10H12N2O/c1-5-7-3-4-8-10(12-13-11-8)9(5)6(7)2/h3-7,9H,1-2H3. The number of allylic oxidation sites excluding steroid dienone is 1. The molecule has 3 aliphatic rings. The van der Waals surface area contributed by atoms with Gasteiger partial charge in [-0.15, -0.1) is 0 Å². The third kappa shape index (κ3) is 0.747. The predicted octanol–water partition coefficient (Wildman–Crippen LogP) is 2.08. The van der Waals surface area contributed by atoms with Crippen LogP contribution in [-0.2, 0) is 0 Å². The molecule has 4 rings (SSSR count). The largest absolute Gasteiger partial charge is 0.244 e. The average Bonchev–Trinajstić information content (AvgIpc) is 2.45. The summed E-state index contributed by atoms with van der Waals surface area (Å²) in [6, 6.07) is 0. The minimum atomic E-state index is 0.557. The number of hydrogen-bond acceptors (Lipinski definition) is 3. The first-order chi connectivity index (χ1) is 6.29. The first-order valence-electron chi connectivity index (χ1n) is 4.79. The molecular weight excluding hydrogens is 164 g/mol. The van der Waals surface area contributed by atoms with E-state index in [1.165, 1.54) is 0 Å². The Labute approximate surface area is 76.8 Å². The van der Waals surface area contributed by atoms with Crippen LogP contribution in [0.25, 0.3) is 6.08 Å². The zero-order valence-electron chi connectivity index (χ0n) is 7.77. The first kappa shape index (κ1) is 7.30. The molecule has 0 amide bonds. The molecule has 1 fully saturated rings. The van der Waals surface area contributed by atoms with E-state index >= 15 is 0 Å². The monoisotopic (exact) mass is 176 g/mol. The Hall–Kier alpha value is -1.12. The molecule has 3 aliphatic carbocycles. The van der Waals surface area contributed by atoms with Crippen LogP contribution < -0.4 is 0 Å². The zero-order chi connectivity index (χ0) is 9.00. The summed E-state index contributed by atoms with van der Waals surface area (Å²) in [6.45, 7) is 4.56. The summed E-state index contributed by atoms with van der Waals surface area (Å²) in [7, 11) is 0. The fourth-order valence-electron chi connectivity index (χ4n) is 2.89. The van der Waals surface area contributed by atoms with Crippen molar-refractivity contribution in [3.05, 3.63) is 17.5 Å². The van der Waals surface area contributed by atoms with Gasteiger partial charge in [0.15, 0.2) is 0 Å². The third-order valence-electron chi connectivity index (χ3n) is 3.68. The zero-order valence-corrected chi connectivity index (χ0v) is 7.77. The van der Waals surface area contributed by atoms with Crippen molar-refractivity contribution in [2.24, 2.45) is 17.8 Å². The lowest BCUT2D eigenvalue weighted by Gasteiger charge is -2.46. The number of aromatic nitrogens is 2. The van der Waals surface area contributed by atoms with E-state index in [1.807, 2.05) is 0 Å². The Morgan fingerprint density at radius 2 is 2.00 bits per heavy atom. The fraction of sp³-hybridized carbons (Fsp3) is 0.600. The highest BCUT2D eigenvalue weighted by molar-refractivity contribution is 5.52. The van der Waals surface area contributed by atoms with Crippen molar-refractivity contribution < 1.29 is 4.63 Å². The number of nitrogens with zero attached hydrogens (tertiary/aromatic N) is 2. The Morgan fingerprint density at radius 1 is 1.23 bits per heavy atom. The van der Waals surface area contributed by atoms with Gasteiger partial charge in [-0.1, -0.05) is 30.2 Å². The molecule has 1 heterocycles. The molecular formula is C10H12N2O. The van der Waals surface area contributed by atoms with Crippen molar-refractivity contribution >= 4 is 6.08 Å². The van der Waals surface area contributed by atoms with Crippen LogP contribution in [0.3, 0.4) is 0 Å². The lowest BCUT2D eigenvalue weighted by molar-refractivity contribution is 0.0957. The van der Waals surface area contributed by atoms with E-state index in [1.54, 1.807) is 0 Å². The average molecular weight is 176 g/mol. The predicted molar refractivity (Wildman–Crippen MR) is 47.9 cm³/mol. The lowest BCUT2D eigenvalue weighted by atomic mass is 9.58. The van der Waals surface area contributed by atoms with Crippen LogP contribution in [0, 0.1) is 17.8 Å². The summed E-state index contributed by atoms with van der Waals surface area (Å²) in [5.41, 5.74) is 1.99. The van der Waals surface area contributed by atoms with Gasteiger partial charge in [-0.3, -0.25) is 0 Å². The van der Waals surface area contributed by atoms with Crippen LogP contribution in [0.5, 0.6) is 0 Å². The van der Waals surface area contributed by atoms with Gasteiger partial charge in [0, 0.05) is 5.92 Å². The highest BCUT2D eigenvalue weighted by Crippen LogP contribution is 2.54. The molecule has 2 unspecified atom stereocenters. The van der Waals surface area contributed by atoms with Crippen LogP contribution in [0.15, 0.2) is 10.7 Å². The lowest BCUT2D eigenvalue weighted by Crippen LogP contribution is -2.40. The van der Waals surface area contributed by atoms with Crippen molar-refractivity contribution in [3.8, 4) is 0 Å². The van der Waals surface area contributed by atoms with Crippen molar-refractivity contribution in [2.75, 3.05) is 0 Å². The quantitative estimate of drug-likeness (QED) is 0.607. The van der Waals surface area contributed by atoms with E-state index < -0.39 is 0 Å². The van der Waals surface area contributed by atoms with Gasteiger partial charge >= 0.3 is 0 Å².